The molecule has 0 saturated carbocycles. The standard InChI is InChI=1S/C8H16F2N2O2/c1-8(2,11-3)7(14)12-4-5(13)6(9)10/h5-6,11,13H,4H2,1-3H3,(H,12,14). The Morgan fingerprint density at radius 1 is 1.50 bits per heavy atom. The first-order chi connectivity index (χ1) is 6.31. The van der Waals surface area contributed by atoms with Crippen molar-refractivity contribution in [2.45, 2.75) is 31.9 Å². The van der Waals surface area contributed by atoms with Gasteiger partial charge >= 0.3 is 0 Å². The summed E-state index contributed by atoms with van der Waals surface area (Å²) in [6.45, 7) is 2.77. The van der Waals surface area contributed by atoms with E-state index in [1.165, 1.54) is 0 Å². The van der Waals surface area contributed by atoms with E-state index in [4.69, 9.17) is 5.11 Å². The summed E-state index contributed by atoms with van der Waals surface area (Å²) in [5, 5.41) is 13.7. The third-order valence-electron chi connectivity index (χ3n) is 1.96. The van der Waals surface area contributed by atoms with Crippen LogP contribution in [0, 0.1) is 0 Å². The third kappa shape index (κ3) is 3.97. The van der Waals surface area contributed by atoms with E-state index in [1.54, 1.807) is 20.9 Å². The minimum Gasteiger partial charge on any atom is -0.385 e. The predicted octanol–water partition coefficient (Wildman–Crippen LogP) is -0.273. The van der Waals surface area contributed by atoms with Gasteiger partial charge in [0.05, 0.1) is 5.54 Å². The lowest BCUT2D eigenvalue weighted by atomic mass is 10.1. The van der Waals surface area contributed by atoms with E-state index in [0.29, 0.717) is 0 Å². The Bertz CT molecular complexity index is 198. The number of aliphatic hydroxyl groups is 1. The normalized spacial score (nSPS) is 14.2. The van der Waals surface area contributed by atoms with Crippen LogP contribution in [-0.4, -0.2) is 42.7 Å². The Balaban J connectivity index is 3.97. The van der Waals surface area contributed by atoms with E-state index in [1.807, 2.05) is 0 Å². The zero-order valence-electron chi connectivity index (χ0n) is 8.47. The van der Waals surface area contributed by atoms with Gasteiger partial charge in [0.15, 0.2) is 0 Å². The van der Waals surface area contributed by atoms with Gasteiger partial charge in [-0.3, -0.25) is 4.79 Å². The van der Waals surface area contributed by atoms with Gasteiger partial charge in [-0.1, -0.05) is 0 Å². The van der Waals surface area contributed by atoms with Crippen LogP contribution in [0.2, 0.25) is 0 Å². The highest BCUT2D eigenvalue weighted by molar-refractivity contribution is 5.85. The lowest BCUT2D eigenvalue weighted by Gasteiger charge is -2.23. The zero-order valence-corrected chi connectivity index (χ0v) is 8.47. The van der Waals surface area contributed by atoms with Crippen LogP contribution in [-0.2, 0) is 4.79 Å². The van der Waals surface area contributed by atoms with Crippen molar-refractivity contribution in [3.63, 3.8) is 0 Å². The lowest BCUT2D eigenvalue weighted by molar-refractivity contribution is -0.127. The van der Waals surface area contributed by atoms with Crippen LogP contribution in [0.4, 0.5) is 8.78 Å². The first-order valence-electron chi connectivity index (χ1n) is 4.24. The minimum absolute atomic E-state index is 0.431. The van der Waals surface area contributed by atoms with E-state index in [2.05, 4.69) is 10.6 Å². The molecule has 0 fully saturated rings. The Kier molecular flexibility index (Phi) is 4.93. The molecule has 84 valence electrons. The molecule has 6 heteroatoms. The average molecular weight is 210 g/mol. The molecule has 0 aliphatic heterocycles. The van der Waals surface area contributed by atoms with Crippen molar-refractivity contribution in [3.05, 3.63) is 0 Å². The topological polar surface area (TPSA) is 61.4 Å². The van der Waals surface area contributed by atoms with Crippen molar-refractivity contribution in [1.82, 2.24) is 10.6 Å². The summed E-state index contributed by atoms with van der Waals surface area (Å²) in [5.41, 5.74) is -0.832. The number of carbonyl (C=O) groups is 1. The summed E-state index contributed by atoms with van der Waals surface area (Å²) in [7, 11) is 1.59. The monoisotopic (exact) mass is 210 g/mol. The predicted molar refractivity (Wildman–Crippen MR) is 48.2 cm³/mol. The van der Waals surface area contributed by atoms with Gasteiger partial charge in [-0.15, -0.1) is 0 Å². The van der Waals surface area contributed by atoms with Crippen molar-refractivity contribution in [2.24, 2.45) is 0 Å². The molecule has 0 aliphatic rings. The lowest BCUT2D eigenvalue weighted by Crippen LogP contribution is -2.52. The quantitative estimate of drug-likeness (QED) is 0.585. The second kappa shape index (κ2) is 5.21. The van der Waals surface area contributed by atoms with Crippen molar-refractivity contribution >= 4 is 5.91 Å². The van der Waals surface area contributed by atoms with E-state index >= 15 is 0 Å². The molecule has 4 nitrogen and oxygen atoms in total. The molecule has 0 heterocycles. The first kappa shape index (κ1) is 13.2. The number of alkyl halides is 2. The molecule has 1 unspecified atom stereocenters. The van der Waals surface area contributed by atoms with Gasteiger partial charge in [-0.2, -0.15) is 0 Å². The molecular weight excluding hydrogens is 194 g/mol. The Morgan fingerprint density at radius 3 is 2.36 bits per heavy atom. The van der Waals surface area contributed by atoms with Crippen LogP contribution in [0.25, 0.3) is 0 Å². The molecule has 1 atom stereocenters. The molecule has 0 aromatic heterocycles. The molecule has 0 aromatic rings. The molecule has 0 rings (SSSR count). The highest BCUT2D eigenvalue weighted by Gasteiger charge is 2.26. The van der Waals surface area contributed by atoms with Crippen LogP contribution < -0.4 is 10.6 Å². The second-order valence-corrected chi connectivity index (χ2v) is 3.49. The highest BCUT2D eigenvalue weighted by Crippen LogP contribution is 2.02. The molecule has 0 aliphatic carbocycles. The maximum absolute atomic E-state index is 11.8. The van der Waals surface area contributed by atoms with Crippen LogP contribution in [0.5, 0.6) is 0 Å². The number of halogens is 2. The van der Waals surface area contributed by atoms with E-state index < -0.39 is 30.5 Å². The fourth-order valence-electron chi connectivity index (χ4n) is 0.621. The van der Waals surface area contributed by atoms with E-state index in [-0.39, 0.29) is 0 Å². The van der Waals surface area contributed by atoms with Crippen molar-refractivity contribution in [1.29, 1.82) is 0 Å². The van der Waals surface area contributed by atoms with Gasteiger partial charge in [-0.05, 0) is 20.9 Å². The van der Waals surface area contributed by atoms with Crippen molar-refractivity contribution in [3.8, 4) is 0 Å². The van der Waals surface area contributed by atoms with E-state index in [0.717, 1.165) is 0 Å². The number of nitrogens with one attached hydrogen (secondary N) is 2. The molecule has 14 heavy (non-hydrogen) atoms. The Morgan fingerprint density at radius 2 is 2.00 bits per heavy atom. The molecule has 0 aromatic carbocycles. The Hall–Kier alpha value is -0.750. The van der Waals surface area contributed by atoms with Crippen LogP contribution in [0.1, 0.15) is 13.8 Å². The number of rotatable bonds is 5. The van der Waals surface area contributed by atoms with Crippen LogP contribution >= 0.6 is 0 Å². The zero-order chi connectivity index (χ0) is 11.4. The summed E-state index contributed by atoms with van der Waals surface area (Å²) in [5.74, 6) is -0.431. The number of likely N-dealkylation sites (N-methyl/N-ethyl adjacent to an activating group) is 1. The number of amides is 1. The number of hydrogen-bond acceptors (Lipinski definition) is 3. The SMILES string of the molecule is CNC(C)(C)C(=O)NCC(O)C(F)F. The number of aliphatic hydroxyl groups excluding tert-OH is 1. The van der Waals surface area contributed by atoms with Crippen molar-refractivity contribution in [2.75, 3.05) is 13.6 Å². The largest absolute Gasteiger partial charge is 0.385 e. The molecule has 1 amide bonds. The number of hydrogen-bond donors (Lipinski definition) is 3. The van der Waals surface area contributed by atoms with Gasteiger partial charge in [0, 0.05) is 6.54 Å². The molecule has 0 radical (unpaired) electrons. The average Bonchev–Trinajstić information content (AvgIpc) is 2.13. The van der Waals surface area contributed by atoms with Crippen LogP contribution in [0.15, 0.2) is 0 Å². The maximum atomic E-state index is 11.8. The van der Waals surface area contributed by atoms with Gasteiger partial charge in [0.25, 0.3) is 6.43 Å². The molecular formula is C8H16F2N2O2. The smallest absolute Gasteiger partial charge is 0.265 e. The van der Waals surface area contributed by atoms with E-state index in [9.17, 15) is 13.6 Å². The van der Waals surface area contributed by atoms with Crippen LogP contribution in [0.3, 0.4) is 0 Å². The highest BCUT2D eigenvalue weighted by atomic mass is 19.3. The summed E-state index contributed by atoms with van der Waals surface area (Å²) in [6.07, 6.45) is -4.65. The first-order valence-corrected chi connectivity index (χ1v) is 4.24. The third-order valence-corrected chi connectivity index (χ3v) is 1.96. The van der Waals surface area contributed by atoms with Gasteiger partial charge < -0.3 is 15.7 Å². The maximum Gasteiger partial charge on any atom is 0.265 e. The van der Waals surface area contributed by atoms with Gasteiger partial charge in [0.1, 0.15) is 6.10 Å². The van der Waals surface area contributed by atoms with Gasteiger partial charge in [0.2, 0.25) is 5.91 Å². The second-order valence-electron chi connectivity index (χ2n) is 3.49. The summed E-state index contributed by atoms with van der Waals surface area (Å²) >= 11 is 0. The fraction of sp³-hybridized carbons (Fsp3) is 0.875. The van der Waals surface area contributed by atoms with Crippen molar-refractivity contribution < 1.29 is 18.7 Å². The molecule has 0 spiro atoms. The fourth-order valence-corrected chi connectivity index (χ4v) is 0.621. The molecule has 3 N–H and O–H groups in total. The van der Waals surface area contributed by atoms with Gasteiger partial charge in [-0.25, -0.2) is 8.78 Å². The summed E-state index contributed by atoms with van der Waals surface area (Å²) < 4.78 is 23.7. The molecule has 0 saturated heterocycles. The summed E-state index contributed by atoms with van der Waals surface area (Å²) in [6, 6.07) is 0. The molecule has 0 bridgehead atoms. The minimum atomic E-state index is -2.84. The summed E-state index contributed by atoms with van der Waals surface area (Å²) in [4.78, 5) is 11.3. The number of carbonyl (C=O) groups excluding carboxylic acids is 1. The Labute approximate surface area is 81.7 Å².